The number of nitrogens with one attached hydrogen (secondary N) is 1. The van der Waals surface area contributed by atoms with Gasteiger partial charge in [-0.1, -0.05) is 42.5 Å². The Kier molecular flexibility index (Phi) is 4.81. The van der Waals surface area contributed by atoms with E-state index in [0.717, 1.165) is 40.5 Å². The van der Waals surface area contributed by atoms with Gasteiger partial charge in [-0.25, -0.2) is 4.79 Å². The molecule has 29 heavy (non-hydrogen) atoms. The Morgan fingerprint density at radius 1 is 1.07 bits per heavy atom. The van der Waals surface area contributed by atoms with E-state index in [0.29, 0.717) is 0 Å². The highest BCUT2D eigenvalue weighted by Gasteiger charge is 2.50. The lowest BCUT2D eigenvalue weighted by Gasteiger charge is -2.39. The minimum Gasteiger partial charge on any atom is -0.336 e. The van der Waals surface area contributed by atoms with Crippen molar-refractivity contribution in [2.24, 2.45) is 0 Å². The number of rotatable bonds is 3. The predicted molar refractivity (Wildman–Crippen MR) is 111 cm³/mol. The van der Waals surface area contributed by atoms with Gasteiger partial charge in [0.2, 0.25) is 5.91 Å². The molecule has 4 rings (SSSR count). The lowest BCUT2D eigenvalue weighted by Crippen LogP contribution is -2.52. The first-order chi connectivity index (χ1) is 13.8. The SMILES string of the molecule is C[C@@H]1CCC[C@@H](C)N1C(=O)CN1C(=O)N[C@](C)(c2cccc3ccccc23)C1=O. The van der Waals surface area contributed by atoms with Crippen LogP contribution in [0.25, 0.3) is 10.8 Å². The van der Waals surface area contributed by atoms with E-state index in [2.05, 4.69) is 5.32 Å². The molecule has 2 fully saturated rings. The predicted octanol–water partition coefficient (Wildman–Crippen LogP) is 3.40. The molecule has 1 N–H and O–H groups in total. The molecule has 2 aromatic rings. The summed E-state index contributed by atoms with van der Waals surface area (Å²) in [6.07, 6.45) is 2.99. The first-order valence-corrected chi connectivity index (χ1v) is 10.3. The van der Waals surface area contributed by atoms with Crippen LogP contribution in [0.5, 0.6) is 0 Å². The summed E-state index contributed by atoms with van der Waals surface area (Å²) >= 11 is 0. The Hall–Kier alpha value is -2.89. The third kappa shape index (κ3) is 3.16. The molecule has 2 aromatic carbocycles. The van der Waals surface area contributed by atoms with Crippen molar-refractivity contribution in [3.05, 3.63) is 48.0 Å². The Balaban J connectivity index is 1.62. The largest absolute Gasteiger partial charge is 0.336 e. The summed E-state index contributed by atoms with van der Waals surface area (Å²) in [5.41, 5.74) is -0.458. The minimum absolute atomic E-state index is 0.122. The molecule has 2 aliphatic heterocycles. The van der Waals surface area contributed by atoms with Gasteiger partial charge in [0, 0.05) is 12.1 Å². The highest BCUT2D eigenvalue weighted by molar-refractivity contribution is 6.10. The first kappa shape index (κ1) is 19.4. The van der Waals surface area contributed by atoms with Crippen LogP contribution >= 0.6 is 0 Å². The molecule has 3 atom stereocenters. The summed E-state index contributed by atoms with van der Waals surface area (Å²) in [6, 6.07) is 13.2. The smallest absolute Gasteiger partial charge is 0.325 e. The fourth-order valence-electron chi connectivity index (χ4n) is 4.81. The van der Waals surface area contributed by atoms with Gasteiger partial charge in [0.25, 0.3) is 5.91 Å². The van der Waals surface area contributed by atoms with E-state index >= 15 is 0 Å². The van der Waals surface area contributed by atoms with Crippen molar-refractivity contribution in [1.82, 2.24) is 15.1 Å². The maximum Gasteiger partial charge on any atom is 0.325 e. The molecule has 2 heterocycles. The monoisotopic (exact) mass is 393 g/mol. The number of amides is 4. The van der Waals surface area contributed by atoms with Gasteiger partial charge < -0.3 is 10.2 Å². The number of likely N-dealkylation sites (tertiary alicyclic amines) is 1. The van der Waals surface area contributed by atoms with E-state index in [1.54, 1.807) is 6.92 Å². The molecule has 0 aliphatic carbocycles. The first-order valence-electron chi connectivity index (χ1n) is 10.3. The fraction of sp³-hybridized carbons (Fsp3) is 0.435. The zero-order chi connectivity index (χ0) is 20.8. The number of hydrogen-bond donors (Lipinski definition) is 1. The van der Waals surface area contributed by atoms with Crippen molar-refractivity contribution in [1.29, 1.82) is 0 Å². The zero-order valence-corrected chi connectivity index (χ0v) is 17.1. The van der Waals surface area contributed by atoms with E-state index in [-0.39, 0.29) is 30.4 Å². The Morgan fingerprint density at radius 2 is 1.72 bits per heavy atom. The molecular weight excluding hydrogens is 366 g/mol. The van der Waals surface area contributed by atoms with E-state index in [4.69, 9.17) is 0 Å². The molecule has 0 unspecified atom stereocenters. The van der Waals surface area contributed by atoms with Gasteiger partial charge in [0.1, 0.15) is 12.1 Å². The van der Waals surface area contributed by atoms with Crippen LogP contribution in [0.3, 0.4) is 0 Å². The van der Waals surface area contributed by atoms with E-state index in [1.165, 1.54) is 0 Å². The van der Waals surface area contributed by atoms with Gasteiger partial charge in [-0.3, -0.25) is 14.5 Å². The van der Waals surface area contributed by atoms with Gasteiger partial charge in [-0.05, 0) is 56.4 Å². The quantitative estimate of drug-likeness (QED) is 0.813. The summed E-state index contributed by atoms with van der Waals surface area (Å²) in [6.45, 7) is 5.55. The van der Waals surface area contributed by atoms with E-state index in [1.807, 2.05) is 61.2 Å². The number of benzene rings is 2. The van der Waals surface area contributed by atoms with Crippen LogP contribution in [-0.4, -0.2) is 46.3 Å². The number of carbonyl (C=O) groups is 3. The topological polar surface area (TPSA) is 69.7 Å². The third-order valence-corrected chi connectivity index (χ3v) is 6.38. The third-order valence-electron chi connectivity index (χ3n) is 6.38. The molecule has 152 valence electrons. The average molecular weight is 393 g/mol. The van der Waals surface area contributed by atoms with Gasteiger partial charge in [0.15, 0.2) is 0 Å². The van der Waals surface area contributed by atoms with Gasteiger partial charge >= 0.3 is 6.03 Å². The van der Waals surface area contributed by atoms with Gasteiger partial charge in [-0.15, -0.1) is 0 Å². The molecule has 6 heteroatoms. The normalized spacial score (nSPS) is 27.4. The Morgan fingerprint density at radius 3 is 2.45 bits per heavy atom. The van der Waals surface area contributed by atoms with Gasteiger partial charge in [0.05, 0.1) is 0 Å². The second-order valence-electron chi connectivity index (χ2n) is 8.40. The summed E-state index contributed by atoms with van der Waals surface area (Å²) in [7, 11) is 0. The van der Waals surface area contributed by atoms with Crippen molar-refractivity contribution in [3.8, 4) is 0 Å². The van der Waals surface area contributed by atoms with Crippen LogP contribution in [-0.2, 0) is 15.1 Å². The fourth-order valence-corrected chi connectivity index (χ4v) is 4.81. The number of hydrogen-bond acceptors (Lipinski definition) is 3. The van der Waals surface area contributed by atoms with Crippen molar-refractivity contribution >= 4 is 28.6 Å². The molecule has 2 saturated heterocycles. The molecule has 4 amide bonds. The Bertz CT molecular complexity index is 973. The number of piperidine rings is 1. The standard InChI is InChI=1S/C23H27N3O3/c1-15-8-6-9-16(2)26(15)20(27)14-25-21(28)23(3,24-22(25)29)19-13-7-11-17-10-4-5-12-18(17)19/h4-5,7,10-13,15-16H,6,8-9,14H2,1-3H3,(H,24,29)/t15-,16-,23-/m1/s1. The van der Waals surface area contributed by atoms with Crippen molar-refractivity contribution in [2.45, 2.75) is 57.7 Å². The number of imide groups is 1. The van der Waals surface area contributed by atoms with Crippen LogP contribution in [0.15, 0.2) is 42.5 Å². The summed E-state index contributed by atoms with van der Waals surface area (Å²) < 4.78 is 0. The van der Waals surface area contributed by atoms with Crippen molar-refractivity contribution < 1.29 is 14.4 Å². The summed E-state index contributed by atoms with van der Waals surface area (Å²) in [4.78, 5) is 41.9. The van der Waals surface area contributed by atoms with Crippen molar-refractivity contribution in [2.75, 3.05) is 6.54 Å². The van der Waals surface area contributed by atoms with Crippen LogP contribution in [0.2, 0.25) is 0 Å². The summed E-state index contributed by atoms with van der Waals surface area (Å²) in [5, 5.41) is 4.75. The minimum atomic E-state index is -1.20. The van der Waals surface area contributed by atoms with Crippen LogP contribution < -0.4 is 5.32 Å². The number of urea groups is 1. The second-order valence-corrected chi connectivity index (χ2v) is 8.40. The van der Waals surface area contributed by atoms with E-state index in [9.17, 15) is 14.4 Å². The molecule has 0 aromatic heterocycles. The van der Waals surface area contributed by atoms with Gasteiger partial charge in [-0.2, -0.15) is 0 Å². The molecule has 0 radical (unpaired) electrons. The molecule has 0 saturated carbocycles. The average Bonchev–Trinajstić information content (AvgIpc) is 2.91. The van der Waals surface area contributed by atoms with Crippen LogP contribution in [0.1, 0.15) is 45.6 Å². The zero-order valence-electron chi connectivity index (χ0n) is 17.1. The Labute approximate surface area is 170 Å². The molecule has 0 spiro atoms. The highest BCUT2D eigenvalue weighted by Crippen LogP contribution is 2.34. The number of fused-ring (bicyclic) bond motifs is 1. The summed E-state index contributed by atoms with van der Waals surface area (Å²) in [5.74, 6) is -0.556. The van der Waals surface area contributed by atoms with Crippen LogP contribution in [0, 0.1) is 0 Å². The molecular formula is C23H27N3O3. The molecule has 2 aliphatic rings. The lowest BCUT2D eigenvalue weighted by atomic mass is 9.88. The number of carbonyl (C=O) groups excluding carboxylic acids is 3. The number of nitrogens with zero attached hydrogens (tertiary/aromatic N) is 2. The maximum atomic E-state index is 13.3. The molecule has 6 nitrogen and oxygen atoms in total. The van der Waals surface area contributed by atoms with Crippen molar-refractivity contribution in [3.63, 3.8) is 0 Å². The lowest BCUT2D eigenvalue weighted by molar-refractivity contribution is -0.142. The van der Waals surface area contributed by atoms with Crippen LogP contribution in [0.4, 0.5) is 4.79 Å². The molecule has 0 bridgehead atoms. The highest BCUT2D eigenvalue weighted by atomic mass is 16.2. The van der Waals surface area contributed by atoms with E-state index < -0.39 is 11.6 Å². The second kappa shape index (κ2) is 7.17. The maximum absolute atomic E-state index is 13.3.